The Hall–Kier alpha value is -1.40. The highest BCUT2D eigenvalue weighted by atomic mass is 16.5. The standard InChI is InChI=1S/C14H22N2O4/c1-5-10-9(3)14(4,18)12(20-10)16-8-7-11(19-6-2)15-13(16)17/h7-10,12,18H,5-6H2,1-4H3/t9?,10-,12-,14-/m1/s1. The van der Waals surface area contributed by atoms with E-state index < -0.39 is 17.5 Å². The Labute approximate surface area is 118 Å². The van der Waals surface area contributed by atoms with Gasteiger partial charge in [-0.05, 0) is 20.3 Å². The minimum atomic E-state index is -1.11. The molecule has 1 saturated heterocycles. The average molecular weight is 282 g/mol. The van der Waals surface area contributed by atoms with Gasteiger partial charge >= 0.3 is 5.69 Å². The molecule has 112 valence electrons. The van der Waals surface area contributed by atoms with Gasteiger partial charge in [-0.15, -0.1) is 0 Å². The molecule has 0 amide bonds. The van der Waals surface area contributed by atoms with Crippen molar-refractivity contribution in [1.29, 1.82) is 0 Å². The number of hydrogen-bond acceptors (Lipinski definition) is 5. The molecule has 1 unspecified atom stereocenters. The Morgan fingerprint density at radius 3 is 2.75 bits per heavy atom. The Morgan fingerprint density at radius 1 is 1.55 bits per heavy atom. The molecule has 0 aromatic carbocycles. The average Bonchev–Trinajstić information content (AvgIpc) is 2.62. The summed E-state index contributed by atoms with van der Waals surface area (Å²) in [7, 11) is 0. The number of rotatable bonds is 4. The van der Waals surface area contributed by atoms with Gasteiger partial charge in [0.05, 0.1) is 12.7 Å². The maximum absolute atomic E-state index is 12.1. The first kappa shape index (κ1) is 15.0. The van der Waals surface area contributed by atoms with Gasteiger partial charge in [0.15, 0.2) is 6.23 Å². The summed E-state index contributed by atoms with van der Waals surface area (Å²) in [5.74, 6) is 0.224. The van der Waals surface area contributed by atoms with Crippen LogP contribution < -0.4 is 10.4 Å². The summed E-state index contributed by atoms with van der Waals surface area (Å²) in [4.78, 5) is 15.9. The van der Waals surface area contributed by atoms with E-state index in [2.05, 4.69) is 4.98 Å². The number of aromatic nitrogens is 2. The second-order valence-electron chi connectivity index (χ2n) is 5.34. The fourth-order valence-electron chi connectivity index (χ4n) is 2.62. The van der Waals surface area contributed by atoms with Crippen LogP contribution in [0, 0.1) is 5.92 Å². The first-order chi connectivity index (χ1) is 9.41. The smallest absolute Gasteiger partial charge is 0.353 e. The lowest BCUT2D eigenvalue weighted by molar-refractivity contribution is -0.0876. The van der Waals surface area contributed by atoms with E-state index in [4.69, 9.17) is 9.47 Å². The van der Waals surface area contributed by atoms with Gasteiger partial charge in [-0.3, -0.25) is 4.57 Å². The van der Waals surface area contributed by atoms with Gasteiger partial charge in [0.25, 0.3) is 0 Å². The molecule has 1 N–H and O–H groups in total. The molecule has 2 rings (SSSR count). The van der Waals surface area contributed by atoms with Crippen LogP contribution in [0.1, 0.15) is 40.3 Å². The maximum atomic E-state index is 12.1. The molecule has 0 bridgehead atoms. The maximum Gasteiger partial charge on any atom is 0.353 e. The van der Waals surface area contributed by atoms with Gasteiger partial charge in [0.2, 0.25) is 5.88 Å². The zero-order chi connectivity index (χ0) is 14.9. The van der Waals surface area contributed by atoms with E-state index >= 15 is 0 Å². The predicted molar refractivity (Wildman–Crippen MR) is 73.7 cm³/mol. The van der Waals surface area contributed by atoms with Crippen LogP contribution in [0.4, 0.5) is 0 Å². The molecule has 1 fully saturated rings. The second kappa shape index (κ2) is 5.54. The third-order valence-corrected chi connectivity index (χ3v) is 4.03. The van der Waals surface area contributed by atoms with Gasteiger partial charge in [0.1, 0.15) is 5.60 Å². The van der Waals surface area contributed by atoms with Crippen LogP contribution in [0.3, 0.4) is 0 Å². The van der Waals surface area contributed by atoms with Crippen LogP contribution in [-0.4, -0.2) is 33.0 Å². The Morgan fingerprint density at radius 2 is 2.25 bits per heavy atom. The van der Waals surface area contributed by atoms with E-state index in [1.54, 1.807) is 19.2 Å². The van der Waals surface area contributed by atoms with Crippen molar-refractivity contribution in [2.75, 3.05) is 6.61 Å². The quantitative estimate of drug-likeness (QED) is 0.902. The van der Waals surface area contributed by atoms with Crippen LogP contribution in [0.25, 0.3) is 0 Å². The molecule has 6 heteroatoms. The van der Waals surface area contributed by atoms with Crippen molar-refractivity contribution in [2.24, 2.45) is 5.92 Å². The van der Waals surface area contributed by atoms with Crippen molar-refractivity contribution in [1.82, 2.24) is 9.55 Å². The predicted octanol–water partition coefficient (Wildman–Crippen LogP) is 1.34. The summed E-state index contributed by atoms with van der Waals surface area (Å²) in [5.41, 5.74) is -1.59. The zero-order valence-electron chi connectivity index (χ0n) is 12.4. The summed E-state index contributed by atoms with van der Waals surface area (Å²) in [6.45, 7) is 7.90. The van der Waals surface area contributed by atoms with E-state index in [9.17, 15) is 9.90 Å². The molecular weight excluding hydrogens is 260 g/mol. The van der Waals surface area contributed by atoms with Crippen molar-refractivity contribution < 1.29 is 14.6 Å². The van der Waals surface area contributed by atoms with Gasteiger partial charge in [-0.2, -0.15) is 4.98 Å². The summed E-state index contributed by atoms with van der Waals surface area (Å²) in [6, 6.07) is 1.61. The van der Waals surface area contributed by atoms with Gasteiger partial charge in [0, 0.05) is 18.2 Å². The molecule has 0 radical (unpaired) electrons. The van der Waals surface area contributed by atoms with Crippen molar-refractivity contribution >= 4 is 0 Å². The largest absolute Gasteiger partial charge is 0.478 e. The topological polar surface area (TPSA) is 73.6 Å². The highest BCUT2D eigenvalue weighted by Gasteiger charge is 2.50. The molecule has 6 nitrogen and oxygen atoms in total. The Balaban J connectivity index is 2.34. The minimum Gasteiger partial charge on any atom is -0.478 e. The molecule has 20 heavy (non-hydrogen) atoms. The van der Waals surface area contributed by atoms with E-state index in [-0.39, 0.29) is 17.9 Å². The van der Waals surface area contributed by atoms with Crippen LogP contribution in [0.5, 0.6) is 5.88 Å². The molecule has 1 aromatic rings. The zero-order valence-corrected chi connectivity index (χ0v) is 12.4. The number of ether oxygens (including phenoxy) is 2. The molecule has 0 aliphatic carbocycles. The molecule has 2 heterocycles. The van der Waals surface area contributed by atoms with Crippen LogP contribution >= 0.6 is 0 Å². The van der Waals surface area contributed by atoms with Crippen LogP contribution in [-0.2, 0) is 4.74 Å². The summed E-state index contributed by atoms with van der Waals surface area (Å²) >= 11 is 0. The summed E-state index contributed by atoms with van der Waals surface area (Å²) in [5, 5.41) is 10.6. The lowest BCUT2D eigenvalue weighted by Crippen LogP contribution is -2.41. The van der Waals surface area contributed by atoms with E-state index in [1.807, 2.05) is 20.8 Å². The van der Waals surface area contributed by atoms with E-state index in [1.165, 1.54) is 4.57 Å². The van der Waals surface area contributed by atoms with Gasteiger partial charge in [-0.1, -0.05) is 13.8 Å². The van der Waals surface area contributed by atoms with Gasteiger partial charge < -0.3 is 14.6 Å². The molecule has 4 atom stereocenters. The number of hydrogen-bond donors (Lipinski definition) is 1. The number of aliphatic hydroxyl groups is 1. The van der Waals surface area contributed by atoms with E-state index in [0.29, 0.717) is 6.61 Å². The monoisotopic (exact) mass is 282 g/mol. The summed E-state index contributed by atoms with van der Waals surface area (Å²) in [6.07, 6.45) is 1.55. The molecule has 0 saturated carbocycles. The summed E-state index contributed by atoms with van der Waals surface area (Å²) < 4.78 is 12.4. The van der Waals surface area contributed by atoms with Crippen LogP contribution in [0.2, 0.25) is 0 Å². The van der Waals surface area contributed by atoms with Crippen molar-refractivity contribution in [3.63, 3.8) is 0 Å². The molecule has 0 spiro atoms. The Kier molecular flexibility index (Phi) is 4.15. The molecule has 1 aliphatic rings. The first-order valence-electron chi connectivity index (χ1n) is 7.01. The molecular formula is C14H22N2O4. The lowest BCUT2D eigenvalue weighted by atomic mass is 9.87. The third-order valence-electron chi connectivity index (χ3n) is 4.03. The van der Waals surface area contributed by atoms with Crippen molar-refractivity contribution in [3.05, 3.63) is 22.7 Å². The first-order valence-corrected chi connectivity index (χ1v) is 7.01. The highest BCUT2D eigenvalue weighted by molar-refractivity contribution is 5.07. The normalized spacial score (nSPS) is 33.4. The Bertz CT molecular complexity index is 526. The number of nitrogens with zero attached hydrogens (tertiary/aromatic N) is 2. The third kappa shape index (κ3) is 2.45. The minimum absolute atomic E-state index is 0.0593. The lowest BCUT2D eigenvalue weighted by Gasteiger charge is -2.28. The second-order valence-corrected chi connectivity index (χ2v) is 5.34. The molecule has 1 aromatic heterocycles. The van der Waals surface area contributed by atoms with Gasteiger partial charge in [-0.25, -0.2) is 4.79 Å². The SMILES string of the molecule is CCOc1ccn([C@@H]2O[C@H](CC)C(C)[C@@]2(C)O)c(=O)n1. The fourth-order valence-corrected chi connectivity index (χ4v) is 2.62. The highest BCUT2D eigenvalue weighted by Crippen LogP contribution is 2.42. The van der Waals surface area contributed by atoms with E-state index in [0.717, 1.165) is 6.42 Å². The van der Waals surface area contributed by atoms with Crippen molar-refractivity contribution in [2.45, 2.75) is 52.0 Å². The fraction of sp³-hybridized carbons (Fsp3) is 0.714. The molecule has 1 aliphatic heterocycles. The van der Waals surface area contributed by atoms with Crippen LogP contribution in [0.15, 0.2) is 17.1 Å². The van der Waals surface area contributed by atoms with Crippen molar-refractivity contribution in [3.8, 4) is 5.88 Å².